The van der Waals surface area contributed by atoms with Gasteiger partial charge in [0.25, 0.3) is 6.47 Å². The van der Waals surface area contributed by atoms with Crippen molar-refractivity contribution in [2.75, 3.05) is 0 Å². The average molecular weight is 435 g/mol. The van der Waals surface area contributed by atoms with E-state index in [1.165, 1.54) is 0 Å². The number of ketones is 2. The standard InChI is InChI=1S/C24H31ClO5/c1-5-19(28)24(30-13-26)14(2)10-18-17-7-6-15-11-16(27)8-9-21(15,3)23(17,25)20(29)12-22(18,24)4/h8-9,11,13-14,17-18,20,29H,5-7,10,12H2,1-4H3/t14-,17?,18+,20?,21?,22?,23+,24+/m1/s1. The number of hydrogen-bond donors (Lipinski definition) is 1. The topological polar surface area (TPSA) is 80.7 Å². The summed E-state index contributed by atoms with van der Waals surface area (Å²) >= 11 is 7.40. The Hall–Kier alpha value is -1.46. The number of carbonyl (C=O) groups excluding carboxylic acids is 3. The Labute approximate surface area is 182 Å². The van der Waals surface area contributed by atoms with Crippen LogP contribution < -0.4 is 0 Å². The van der Waals surface area contributed by atoms with E-state index in [1.807, 2.05) is 26.8 Å². The summed E-state index contributed by atoms with van der Waals surface area (Å²) in [5.74, 6) is -0.347. The molecule has 6 heteroatoms. The highest BCUT2D eigenvalue weighted by molar-refractivity contribution is 6.26. The number of Topliss-reactive ketones (excluding diaryl/α,β-unsaturated/α-hetero) is 1. The number of ether oxygens (including phenoxy) is 1. The summed E-state index contributed by atoms with van der Waals surface area (Å²) in [5, 5.41) is 11.6. The van der Waals surface area contributed by atoms with Crippen LogP contribution >= 0.6 is 11.6 Å². The molecule has 0 heterocycles. The molecule has 0 amide bonds. The van der Waals surface area contributed by atoms with Crippen molar-refractivity contribution in [2.24, 2.45) is 28.6 Å². The van der Waals surface area contributed by atoms with Gasteiger partial charge in [0, 0.05) is 23.2 Å². The van der Waals surface area contributed by atoms with Crippen LogP contribution in [-0.4, -0.2) is 39.7 Å². The van der Waals surface area contributed by atoms with E-state index in [1.54, 1.807) is 19.1 Å². The van der Waals surface area contributed by atoms with E-state index in [2.05, 4.69) is 0 Å². The SMILES string of the molecule is CCC(=O)[C@@]1(OC=O)[C@H](C)C[C@H]2C3CCC4=CC(=O)C=CC4(C)[C@@]3(Cl)C(O)CC21C. The first-order valence-corrected chi connectivity index (χ1v) is 11.4. The Morgan fingerprint density at radius 1 is 1.37 bits per heavy atom. The lowest BCUT2D eigenvalue weighted by atomic mass is 9.45. The first-order chi connectivity index (χ1) is 14.0. The third-order valence-electron chi connectivity index (χ3n) is 9.15. The van der Waals surface area contributed by atoms with Gasteiger partial charge in [-0.15, -0.1) is 11.6 Å². The van der Waals surface area contributed by atoms with Crippen molar-refractivity contribution in [1.29, 1.82) is 0 Å². The first-order valence-electron chi connectivity index (χ1n) is 11.0. The van der Waals surface area contributed by atoms with Gasteiger partial charge in [0.2, 0.25) is 0 Å². The third kappa shape index (κ3) is 2.31. The van der Waals surface area contributed by atoms with E-state index < -0.39 is 27.4 Å². The molecular weight excluding hydrogens is 404 g/mol. The lowest BCUT2D eigenvalue weighted by molar-refractivity contribution is -0.192. The Morgan fingerprint density at radius 3 is 2.70 bits per heavy atom. The van der Waals surface area contributed by atoms with Gasteiger partial charge in [-0.25, -0.2) is 0 Å². The first kappa shape index (κ1) is 21.8. The molecule has 3 saturated carbocycles. The predicted octanol–water partition coefficient (Wildman–Crippen LogP) is 3.76. The maximum Gasteiger partial charge on any atom is 0.294 e. The van der Waals surface area contributed by atoms with Gasteiger partial charge < -0.3 is 9.84 Å². The van der Waals surface area contributed by atoms with Gasteiger partial charge in [-0.2, -0.15) is 0 Å². The fourth-order valence-corrected chi connectivity index (χ4v) is 8.30. The molecule has 0 bridgehead atoms. The van der Waals surface area contributed by atoms with E-state index in [-0.39, 0.29) is 42.2 Å². The Morgan fingerprint density at radius 2 is 2.07 bits per heavy atom. The summed E-state index contributed by atoms with van der Waals surface area (Å²) in [4.78, 5) is 35.8. The Kier molecular flexibility index (Phi) is 4.91. The highest BCUT2D eigenvalue weighted by atomic mass is 35.5. The maximum atomic E-state index is 13.2. The summed E-state index contributed by atoms with van der Waals surface area (Å²) in [7, 11) is 0. The van der Waals surface area contributed by atoms with Gasteiger partial charge in [0.05, 0.1) is 11.0 Å². The molecule has 0 saturated heterocycles. The fraction of sp³-hybridized carbons (Fsp3) is 0.708. The predicted molar refractivity (Wildman–Crippen MR) is 113 cm³/mol. The van der Waals surface area contributed by atoms with Crippen LogP contribution in [0.5, 0.6) is 0 Å². The van der Waals surface area contributed by atoms with Crippen molar-refractivity contribution in [2.45, 2.75) is 76.4 Å². The smallest absolute Gasteiger partial charge is 0.294 e. The number of carbonyl (C=O) groups is 3. The van der Waals surface area contributed by atoms with E-state index in [4.69, 9.17) is 16.3 Å². The number of aliphatic hydroxyl groups excluding tert-OH is 1. The van der Waals surface area contributed by atoms with Crippen LogP contribution in [0.3, 0.4) is 0 Å². The second-order valence-corrected chi connectivity index (χ2v) is 10.8. The van der Waals surface area contributed by atoms with Crippen LogP contribution in [0.15, 0.2) is 23.8 Å². The average Bonchev–Trinajstić information content (AvgIpc) is 2.91. The van der Waals surface area contributed by atoms with Crippen LogP contribution in [0.25, 0.3) is 0 Å². The fourth-order valence-electron chi connectivity index (χ4n) is 7.78. The molecule has 4 rings (SSSR count). The zero-order chi connectivity index (χ0) is 22.1. The largest absolute Gasteiger partial charge is 0.452 e. The number of alkyl halides is 1. The van der Waals surface area contributed by atoms with E-state index in [0.717, 1.165) is 18.4 Å². The van der Waals surface area contributed by atoms with Crippen LogP contribution in [0.4, 0.5) is 0 Å². The molecule has 5 nitrogen and oxygen atoms in total. The third-order valence-corrected chi connectivity index (χ3v) is 10.1. The van der Waals surface area contributed by atoms with Gasteiger partial charge in [-0.3, -0.25) is 14.4 Å². The molecular formula is C24H31ClO5. The minimum atomic E-state index is -1.25. The number of halogens is 1. The maximum absolute atomic E-state index is 13.2. The number of allylic oxidation sites excluding steroid dienone is 4. The highest BCUT2D eigenvalue weighted by Gasteiger charge is 2.75. The molecule has 0 spiro atoms. The Bertz CT molecular complexity index is 864. The van der Waals surface area contributed by atoms with Crippen molar-refractivity contribution >= 4 is 29.6 Å². The van der Waals surface area contributed by atoms with Gasteiger partial charge in [0.15, 0.2) is 17.2 Å². The van der Waals surface area contributed by atoms with Crippen LogP contribution in [-0.2, 0) is 19.1 Å². The molecule has 164 valence electrons. The summed E-state index contributed by atoms with van der Waals surface area (Å²) in [6.07, 6.45) is 6.86. The van der Waals surface area contributed by atoms with Crippen molar-refractivity contribution in [3.8, 4) is 0 Å². The molecule has 3 fully saturated rings. The minimum Gasteiger partial charge on any atom is -0.452 e. The van der Waals surface area contributed by atoms with E-state index in [0.29, 0.717) is 12.9 Å². The number of fused-ring (bicyclic) bond motifs is 5. The number of rotatable bonds is 4. The second kappa shape index (κ2) is 6.77. The van der Waals surface area contributed by atoms with E-state index >= 15 is 0 Å². The molecule has 0 aromatic heterocycles. The van der Waals surface area contributed by atoms with Gasteiger partial charge >= 0.3 is 0 Å². The molecule has 30 heavy (non-hydrogen) atoms. The molecule has 4 aliphatic rings. The number of aliphatic hydroxyl groups is 1. The Balaban J connectivity index is 1.86. The van der Waals surface area contributed by atoms with Gasteiger partial charge in [0.1, 0.15) is 0 Å². The van der Waals surface area contributed by atoms with Gasteiger partial charge in [-0.1, -0.05) is 39.3 Å². The second-order valence-electron chi connectivity index (χ2n) is 10.1. The lowest BCUT2D eigenvalue weighted by Crippen LogP contribution is -2.69. The minimum absolute atomic E-state index is 0.0215. The zero-order valence-corrected chi connectivity index (χ0v) is 18.9. The molecule has 0 aliphatic heterocycles. The van der Waals surface area contributed by atoms with Crippen LogP contribution in [0.1, 0.15) is 59.8 Å². The van der Waals surface area contributed by atoms with Crippen molar-refractivity contribution in [1.82, 2.24) is 0 Å². The molecule has 4 unspecified atom stereocenters. The summed E-state index contributed by atoms with van der Waals surface area (Å²) in [6, 6.07) is 0. The molecule has 4 aliphatic carbocycles. The quantitative estimate of drug-likeness (QED) is 0.538. The van der Waals surface area contributed by atoms with Gasteiger partial charge in [-0.05, 0) is 49.7 Å². The van der Waals surface area contributed by atoms with Crippen molar-refractivity contribution in [3.05, 3.63) is 23.8 Å². The number of hydrogen-bond acceptors (Lipinski definition) is 5. The van der Waals surface area contributed by atoms with E-state index in [9.17, 15) is 19.5 Å². The molecule has 1 N–H and O–H groups in total. The molecule has 0 aromatic carbocycles. The van der Waals surface area contributed by atoms with Crippen LogP contribution in [0.2, 0.25) is 0 Å². The van der Waals surface area contributed by atoms with Crippen molar-refractivity contribution in [3.63, 3.8) is 0 Å². The summed E-state index contributed by atoms with van der Waals surface area (Å²) in [6.45, 7) is 8.15. The summed E-state index contributed by atoms with van der Waals surface area (Å²) < 4.78 is 5.68. The molecule has 0 radical (unpaired) electrons. The molecule has 8 atom stereocenters. The van der Waals surface area contributed by atoms with Crippen LogP contribution in [0, 0.1) is 28.6 Å². The normalized spacial score (nSPS) is 49.5. The zero-order valence-electron chi connectivity index (χ0n) is 18.1. The highest BCUT2D eigenvalue weighted by Crippen LogP contribution is 2.72. The summed E-state index contributed by atoms with van der Waals surface area (Å²) in [5.41, 5.74) is -1.62. The van der Waals surface area contributed by atoms with Crippen molar-refractivity contribution < 1.29 is 24.2 Å². The molecule has 0 aromatic rings. The lowest BCUT2D eigenvalue weighted by Gasteiger charge is -2.64. The monoisotopic (exact) mass is 434 g/mol.